The zero-order chi connectivity index (χ0) is 24.5. The van der Waals surface area contributed by atoms with Gasteiger partial charge in [-0.1, -0.05) is 11.6 Å². The number of nitrogens with one attached hydrogen (secondary N) is 1. The molecule has 1 aliphatic heterocycles. The van der Waals surface area contributed by atoms with Crippen molar-refractivity contribution in [2.24, 2.45) is 0 Å². The highest BCUT2D eigenvalue weighted by molar-refractivity contribution is 7.18. The highest BCUT2D eigenvalue weighted by atomic mass is 35.5. The molecule has 33 heavy (non-hydrogen) atoms. The molecular formula is C22H23ClN2O7S. The van der Waals surface area contributed by atoms with Crippen molar-refractivity contribution >= 4 is 57.4 Å². The fourth-order valence-electron chi connectivity index (χ4n) is 3.40. The first-order chi connectivity index (χ1) is 15.5. The van der Waals surface area contributed by atoms with E-state index in [4.69, 9.17) is 25.8 Å². The van der Waals surface area contributed by atoms with Crippen LogP contribution >= 0.6 is 22.9 Å². The van der Waals surface area contributed by atoms with Gasteiger partial charge in [0, 0.05) is 18.0 Å². The summed E-state index contributed by atoms with van der Waals surface area (Å²) in [5.74, 6) is -1.62. The number of halogens is 1. The molecule has 2 amide bonds. The van der Waals surface area contributed by atoms with Crippen LogP contribution in [0, 0.1) is 6.92 Å². The van der Waals surface area contributed by atoms with Gasteiger partial charge in [0.25, 0.3) is 5.91 Å². The van der Waals surface area contributed by atoms with Crippen LogP contribution in [0.1, 0.15) is 45.9 Å². The van der Waals surface area contributed by atoms with E-state index in [9.17, 15) is 19.2 Å². The Balaban J connectivity index is 1.82. The number of rotatable bonds is 6. The molecule has 0 saturated heterocycles. The Morgan fingerprint density at radius 1 is 1.18 bits per heavy atom. The number of anilines is 2. The van der Waals surface area contributed by atoms with Crippen LogP contribution in [-0.2, 0) is 19.1 Å². The molecule has 9 nitrogen and oxygen atoms in total. The molecule has 0 fully saturated rings. The van der Waals surface area contributed by atoms with E-state index in [2.05, 4.69) is 5.32 Å². The van der Waals surface area contributed by atoms with E-state index >= 15 is 0 Å². The molecule has 2 heterocycles. The number of carbonyl (C=O) groups is 4. The maximum atomic E-state index is 12.9. The number of hydrogen-bond acceptors (Lipinski definition) is 8. The summed E-state index contributed by atoms with van der Waals surface area (Å²) >= 11 is 7.01. The van der Waals surface area contributed by atoms with E-state index in [0.29, 0.717) is 22.0 Å². The number of methoxy groups -OCH3 is 2. The zero-order valence-electron chi connectivity index (χ0n) is 18.7. The van der Waals surface area contributed by atoms with Gasteiger partial charge >= 0.3 is 11.9 Å². The minimum atomic E-state index is -1.12. The third-order valence-electron chi connectivity index (χ3n) is 5.06. The lowest BCUT2D eigenvalue weighted by Crippen LogP contribution is -2.53. The first kappa shape index (κ1) is 24.5. The molecular weight excluding hydrogens is 472 g/mol. The summed E-state index contributed by atoms with van der Waals surface area (Å²) in [5.41, 5.74) is -0.218. The number of ether oxygens (including phenoxy) is 3. The second-order valence-electron chi connectivity index (χ2n) is 7.72. The highest BCUT2D eigenvalue weighted by Crippen LogP contribution is 2.39. The minimum absolute atomic E-state index is 0.0482. The number of benzene rings is 1. The molecule has 0 radical (unpaired) electrons. The van der Waals surface area contributed by atoms with E-state index in [1.54, 1.807) is 39.0 Å². The largest absolute Gasteiger partial charge is 0.476 e. The number of carbonyl (C=O) groups excluding carboxylic acids is 4. The number of nitrogens with zero attached hydrogens (tertiary/aromatic N) is 1. The molecule has 1 aromatic heterocycles. The molecule has 1 aromatic carbocycles. The molecule has 0 bridgehead atoms. The van der Waals surface area contributed by atoms with E-state index in [1.807, 2.05) is 0 Å². The van der Waals surface area contributed by atoms with Crippen molar-refractivity contribution in [2.45, 2.75) is 32.8 Å². The Bertz CT molecular complexity index is 1140. The Labute approximate surface area is 199 Å². The van der Waals surface area contributed by atoms with Gasteiger partial charge in [-0.05, 0) is 44.5 Å². The van der Waals surface area contributed by atoms with Crippen molar-refractivity contribution in [3.63, 3.8) is 0 Å². The monoisotopic (exact) mass is 494 g/mol. The molecule has 11 heteroatoms. The van der Waals surface area contributed by atoms with Crippen LogP contribution in [0.5, 0.6) is 5.75 Å². The summed E-state index contributed by atoms with van der Waals surface area (Å²) in [6, 6.07) is 4.93. The first-order valence-electron chi connectivity index (χ1n) is 9.90. The quantitative estimate of drug-likeness (QED) is 0.607. The first-order valence-corrected chi connectivity index (χ1v) is 11.1. The van der Waals surface area contributed by atoms with Gasteiger partial charge in [-0.25, -0.2) is 9.59 Å². The number of hydrogen-bond donors (Lipinski definition) is 1. The smallest absolute Gasteiger partial charge is 0.348 e. The predicted molar refractivity (Wildman–Crippen MR) is 123 cm³/mol. The molecule has 0 atom stereocenters. The van der Waals surface area contributed by atoms with E-state index in [-0.39, 0.29) is 34.3 Å². The predicted octanol–water partition coefficient (Wildman–Crippen LogP) is 3.82. The summed E-state index contributed by atoms with van der Waals surface area (Å²) in [7, 11) is 2.43. The van der Waals surface area contributed by atoms with Crippen molar-refractivity contribution < 1.29 is 33.4 Å². The molecule has 0 unspecified atom stereocenters. The topological polar surface area (TPSA) is 111 Å². The van der Waals surface area contributed by atoms with Crippen molar-refractivity contribution in [2.75, 3.05) is 31.0 Å². The van der Waals surface area contributed by atoms with Crippen molar-refractivity contribution in [1.82, 2.24) is 0 Å². The summed E-state index contributed by atoms with van der Waals surface area (Å²) in [4.78, 5) is 51.6. The van der Waals surface area contributed by atoms with Crippen LogP contribution in [0.2, 0.25) is 5.02 Å². The molecule has 176 valence electrons. The van der Waals surface area contributed by atoms with Crippen LogP contribution in [0.3, 0.4) is 0 Å². The maximum Gasteiger partial charge on any atom is 0.348 e. The average Bonchev–Trinajstić information content (AvgIpc) is 3.09. The molecule has 0 saturated carbocycles. The van der Waals surface area contributed by atoms with Crippen molar-refractivity contribution in [3.05, 3.63) is 39.2 Å². The Morgan fingerprint density at radius 3 is 2.48 bits per heavy atom. The number of amides is 2. The maximum absolute atomic E-state index is 12.9. The lowest BCUT2D eigenvalue weighted by Gasteiger charge is -2.38. The SMILES string of the molecule is COC(=O)c1sc(NC(=O)CCN2C(=O)C(C)(C)Oc3ccc(Cl)cc32)c(C(=O)OC)c1C. The zero-order valence-corrected chi connectivity index (χ0v) is 20.3. The summed E-state index contributed by atoms with van der Waals surface area (Å²) in [6.45, 7) is 4.91. The van der Waals surface area contributed by atoms with Gasteiger partial charge in [0.1, 0.15) is 15.6 Å². The van der Waals surface area contributed by atoms with Crippen molar-refractivity contribution in [1.29, 1.82) is 0 Å². The van der Waals surface area contributed by atoms with Gasteiger partial charge in [0.05, 0.1) is 25.5 Å². The Kier molecular flexibility index (Phi) is 6.99. The van der Waals surface area contributed by atoms with Gasteiger partial charge in [-0.3, -0.25) is 9.59 Å². The molecule has 1 N–H and O–H groups in total. The van der Waals surface area contributed by atoms with Gasteiger partial charge in [-0.2, -0.15) is 0 Å². The lowest BCUT2D eigenvalue weighted by molar-refractivity contribution is -0.132. The van der Waals surface area contributed by atoms with Crippen LogP contribution in [-0.4, -0.2) is 50.1 Å². The van der Waals surface area contributed by atoms with Crippen molar-refractivity contribution in [3.8, 4) is 5.75 Å². The second kappa shape index (κ2) is 9.40. The molecule has 2 aromatic rings. The molecule has 1 aliphatic rings. The minimum Gasteiger partial charge on any atom is -0.476 e. The van der Waals surface area contributed by atoms with Crippen LogP contribution < -0.4 is 15.0 Å². The van der Waals surface area contributed by atoms with Crippen LogP contribution in [0.15, 0.2) is 18.2 Å². The highest BCUT2D eigenvalue weighted by Gasteiger charge is 2.41. The molecule has 0 aliphatic carbocycles. The van der Waals surface area contributed by atoms with Crippen LogP contribution in [0.25, 0.3) is 0 Å². The molecule has 0 spiro atoms. The van der Waals surface area contributed by atoms with E-state index in [1.165, 1.54) is 19.1 Å². The molecule has 3 rings (SSSR count). The van der Waals surface area contributed by atoms with Crippen LogP contribution in [0.4, 0.5) is 10.7 Å². The summed E-state index contributed by atoms with van der Waals surface area (Å²) in [6.07, 6.45) is -0.0844. The fourth-order valence-corrected chi connectivity index (χ4v) is 4.70. The van der Waals surface area contributed by atoms with Gasteiger partial charge in [-0.15, -0.1) is 11.3 Å². The van der Waals surface area contributed by atoms with Gasteiger partial charge in [0.15, 0.2) is 5.60 Å². The number of fused-ring (bicyclic) bond motifs is 1. The summed E-state index contributed by atoms with van der Waals surface area (Å²) in [5, 5.41) is 3.24. The van der Waals surface area contributed by atoms with Gasteiger partial charge < -0.3 is 24.4 Å². The number of thiophene rings is 1. The normalized spacial score (nSPS) is 14.2. The fraction of sp³-hybridized carbons (Fsp3) is 0.364. The third kappa shape index (κ3) is 4.81. The summed E-state index contributed by atoms with van der Waals surface area (Å²) < 4.78 is 15.3. The number of esters is 2. The van der Waals surface area contributed by atoms with Gasteiger partial charge in [0.2, 0.25) is 5.91 Å². The van der Waals surface area contributed by atoms with E-state index < -0.39 is 23.4 Å². The van der Waals surface area contributed by atoms with E-state index in [0.717, 1.165) is 11.3 Å². The average molecular weight is 495 g/mol. The standard InChI is InChI=1S/C22H23ClN2O7S/c1-11-16(19(27)30-4)18(33-17(11)20(28)31-5)24-15(26)8-9-25-13-10-12(23)6-7-14(13)32-22(2,3)21(25)29/h6-7,10H,8-9H2,1-5H3,(H,24,26). The lowest BCUT2D eigenvalue weighted by atomic mass is 10.0. The second-order valence-corrected chi connectivity index (χ2v) is 9.18. The Morgan fingerprint density at radius 2 is 1.85 bits per heavy atom. The third-order valence-corrected chi connectivity index (χ3v) is 6.48. The Hall–Kier alpha value is -3.11.